The van der Waals surface area contributed by atoms with Crippen LogP contribution in [0.5, 0.6) is 0 Å². The predicted molar refractivity (Wildman–Crippen MR) is 66.9 cm³/mol. The van der Waals surface area contributed by atoms with Crippen LogP contribution in [0.3, 0.4) is 0 Å². The molecule has 0 spiro atoms. The molecule has 0 heterocycles. The van der Waals surface area contributed by atoms with Crippen LogP contribution in [0.15, 0.2) is 0 Å². The van der Waals surface area contributed by atoms with Gasteiger partial charge < -0.3 is 15.5 Å². The predicted octanol–water partition coefficient (Wildman–Crippen LogP) is 0.866. The number of aliphatic hydroxyl groups excluding tert-OH is 1. The second-order valence-corrected chi connectivity index (χ2v) is 5.67. The van der Waals surface area contributed by atoms with E-state index < -0.39 is 17.8 Å². The number of carboxylic acids is 1. The number of aliphatic hydroxyl groups is 1. The van der Waals surface area contributed by atoms with Crippen molar-refractivity contribution in [3.05, 3.63) is 0 Å². The highest BCUT2D eigenvalue weighted by atomic mass is 16.4. The third-order valence-electron chi connectivity index (χ3n) is 3.78. The molecule has 0 radical (unpaired) electrons. The Balaban J connectivity index is 2.68. The summed E-state index contributed by atoms with van der Waals surface area (Å²) in [6.45, 7) is 5.67. The van der Waals surface area contributed by atoms with Crippen molar-refractivity contribution in [1.29, 1.82) is 0 Å². The van der Waals surface area contributed by atoms with Gasteiger partial charge in [0.15, 0.2) is 0 Å². The summed E-state index contributed by atoms with van der Waals surface area (Å²) < 4.78 is 0. The number of carbonyl (C=O) groups is 2. The fourth-order valence-electron chi connectivity index (χ4n) is 2.57. The Hall–Kier alpha value is -1.10. The number of rotatable bonds is 5. The summed E-state index contributed by atoms with van der Waals surface area (Å²) in [5.41, 5.74) is 0. The molecule has 0 aromatic carbocycles. The Morgan fingerprint density at radius 1 is 1.28 bits per heavy atom. The van der Waals surface area contributed by atoms with Crippen molar-refractivity contribution in [2.24, 2.45) is 23.7 Å². The second-order valence-electron chi connectivity index (χ2n) is 5.67. The van der Waals surface area contributed by atoms with E-state index in [9.17, 15) is 14.7 Å². The van der Waals surface area contributed by atoms with E-state index in [1.807, 2.05) is 20.8 Å². The van der Waals surface area contributed by atoms with Gasteiger partial charge in [0.2, 0.25) is 5.91 Å². The molecule has 1 unspecified atom stereocenters. The summed E-state index contributed by atoms with van der Waals surface area (Å²) in [7, 11) is 0. The van der Waals surface area contributed by atoms with E-state index in [1.54, 1.807) is 0 Å². The third kappa shape index (κ3) is 3.45. The summed E-state index contributed by atoms with van der Waals surface area (Å²) in [6, 6.07) is -0.303. The first kappa shape index (κ1) is 15.0. The first-order chi connectivity index (χ1) is 8.36. The number of carbonyl (C=O) groups excluding carboxylic acids is 1. The van der Waals surface area contributed by atoms with E-state index in [-0.39, 0.29) is 30.4 Å². The highest BCUT2D eigenvalue weighted by molar-refractivity contribution is 5.85. The lowest BCUT2D eigenvalue weighted by Gasteiger charge is -2.23. The van der Waals surface area contributed by atoms with Gasteiger partial charge in [0.1, 0.15) is 0 Å². The zero-order valence-corrected chi connectivity index (χ0v) is 11.2. The fourth-order valence-corrected chi connectivity index (χ4v) is 2.57. The van der Waals surface area contributed by atoms with Crippen molar-refractivity contribution in [3.8, 4) is 0 Å². The van der Waals surface area contributed by atoms with Crippen LogP contribution >= 0.6 is 0 Å². The maximum absolute atomic E-state index is 12.1. The molecule has 18 heavy (non-hydrogen) atoms. The molecule has 3 N–H and O–H groups in total. The molecule has 4 atom stereocenters. The number of aliphatic carboxylic acids is 1. The quantitative estimate of drug-likeness (QED) is 0.682. The van der Waals surface area contributed by atoms with Crippen LogP contribution in [0.4, 0.5) is 0 Å². The molecule has 1 fully saturated rings. The Morgan fingerprint density at radius 3 is 2.28 bits per heavy atom. The lowest BCUT2D eigenvalue weighted by Crippen LogP contribution is -2.45. The molecule has 5 nitrogen and oxygen atoms in total. The van der Waals surface area contributed by atoms with Crippen LogP contribution in [-0.2, 0) is 9.59 Å². The van der Waals surface area contributed by atoms with Gasteiger partial charge in [0.25, 0.3) is 0 Å². The van der Waals surface area contributed by atoms with Crippen LogP contribution < -0.4 is 5.32 Å². The van der Waals surface area contributed by atoms with Crippen LogP contribution in [0.2, 0.25) is 0 Å². The molecular weight excluding hydrogens is 234 g/mol. The molecular formula is C13H23NO4. The van der Waals surface area contributed by atoms with Crippen LogP contribution in [0.25, 0.3) is 0 Å². The Kier molecular flexibility index (Phi) is 5.14. The normalized spacial score (nSPS) is 29.3. The molecule has 1 amide bonds. The smallest absolute Gasteiger partial charge is 0.307 e. The number of amides is 1. The van der Waals surface area contributed by atoms with E-state index in [4.69, 9.17) is 5.11 Å². The number of hydrogen-bond donors (Lipinski definition) is 3. The lowest BCUT2D eigenvalue weighted by atomic mass is 9.94. The van der Waals surface area contributed by atoms with Crippen molar-refractivity contribution in [3.63, 3.8) is 0 Å². The molecule has 1 aliphatic carbocycles. The SMILES string of the molecule is CC1C[C@H](C(=O)N[C@H](CO)C(C)C)[C@H](C(=O)O)C1. The summed E-state index contributed by atoms with van der Waals surface area (Å²) in [5, 5.41) is 21.1. The van der Waals surface area contributed by atoms with Crippen molar-refractivity contribution in [2.75, 3.05) is 6.61 Å². The van der Waals surface area contributed by atoms with Crippen LogP contribution in [-0.4, -0.2) is 34.7 Å². The number of nitrogens with one attached hydrogen (secondary N) is 1. The molecule has 5 heteroatoms. The first-order valence-electron chi connectivity index (χ1n) is 6.50. The molecule has 0 aromatic rings. The fraction of sp³-hybridized carbons (Fsp3) is 0.846. The summed E-state index contributed by atoms with van der Waals surface area (Å²) in [4.78, 5) is 23.2. The van der Waals surface area contributed by atoms with Crippen LogP contribution in [0.1, 0.15) is 33.6 Å². The summed E-state index contributed by atoms with van der Waals surface area (Å²) >= 11 is 0. The summed E-state index contributed by atoms with van der Waals surface area (Å²) in [5.74, 6) is -1.81. The largest absolute Gasteiger partial charge is 0.481 e. The molecule has 0 aliphatic heterocycles. The highest BCUT2D eigenvalue weighted by Gasteiger charge is 2.41. The third-order valence-corrected chi connectivity index (χ3v) is 3.78. The van der Waals surface area contributed by atoms with Gasteiger partial charge in [-0.05, 0) is 24.7 Å². The molecule has 1 rings (SSSR count). The van der Waals surface area contributed by atoms with E-state index >= 15 is 0 Å². The zero-order chi connectivity index (χ0) is 13.9. The van der Waals surface area contributed by atoms with Gasteiger partial charge in [-0.3, -0.25) is 9.59 Å². The lowest BCUT2D eigenvalue weighted by molar-refractivity contribution is -0.146. The average molecular weight is 257 g/mol. The average Bonchev–Trinajstić information content (AvgIpc) is 2.67. The molecule has 1 saturated carbocycles. The van der Waals surface area contributed by atoms with E-state index in [1.165, 1.54) is 0 Å². The minimum absolute atomic E-state index is 0.122. The van der Waals surface area contributed by atoms with E-state index in [2.05, 4.69) is 5.32 Å². The van der Waals surface area contributed by atoms with Gasteiger partial charge in [-0.25, -0.2) is 0 Å². The van der Waals surface area contributed by atoms with Gasteiger partial charge >= 0.3 is 5.97 Å². The maximum Gasteiger partial charge on any atom is 0.307 e. The van der Waals surface area contributed by atoms with E-state index in [0.29, 0.717) is 12.8 Å². The monoisotopic (exact) mass is 257 g/mol. The Labute approximate surface area is 108 Å². The molecule has 0 saturated heterocycles. The molecule has 104 valence electrons. The van der Waals surface area contributed by atoms with E-state index in [0.717, 1.165) is 0 Å². The molecule has 0 aromatic heterocycles. The first-order valence-corrected chi connectivity index (χ1v) is 6.50. The second kappa shape index (κ2) is 6.18. The van der Waals surface area contributed by atoms with Gasteiger partial charge in [-0.2, -0.15) is 0 Å². The van der Waals surface area contributed by atoms with Crippen molar-refractivity contribution < 1.29 is 19.8 Å². The van der Waals surface area contributed by atoms with Gasteiger partial charge in [-0.1, -0.05) is 20.8 Å². The minimum Gasteiger partial charge on any atom is -0.481 e. The van der Waals surface area contributed by atoms with Crippen molar-refractivity contribution in [1.82, 2.24) is 5.32 Å². The molecule has 1 aliphatic rings. The standard InChI is InChI=1S/C13H23NO4/c1-7(2)11(6-15)14-12(16)9-4-8(3)5-10(9)13(17)18/h7-11,15H,4-6H2,1-3H3,(H,14,16)(H,17,18)/t8?,9-,10+,11+/m0/s1. The topological polar surface area (TPSA) is 86.6 Å². The van der Waals surface area contributed by atoms with Crippen LogP contribution in [0, 0.1) is 23.7 Å². The Morgan fingerprint density at radius 2 is 1.83 bits per heavy atom. The zero-order valence-electron chi connectivity index (χ0n) is 11.2. The van der Waals surface area contributed by atoms with Crippen molar-refractivity contribution >= 4 is 11.9 Å². The van der Waals surface area contributed by atoms with Gasteiger partial charge in [0, 0.05) is 0 Å². The highest BCUT2D eigenvalue weighted by Crippen LogP contribution is 2.36. The number of hydrogen-bond acceptors (Lipinski definition) is 3. The van der Waals surface area contributed by atoms with Gasteiger partial charge in [0.05, 0.1) is 24.5 Å². The molecule has 0 bridgehead atoms. The van der Waals surface area contributed by atoms with Crippen molar-refractivity contribution in [2.45, 2.75) is 39.7 Å². The number of carboxylic acid groups (broad SMARTS) is 1. The van der Waals surface area contributed by atoms with Gasteiger partial charge in [-0.15, -0.1) is 0 Å². The summed E-state index contributed by atoms with van der Waals surface area (Å²) in [6.07, 6.45) is 1.16. The minimum atomic E-state index is -0.899. The Bertz CT molecular complexity index is 316. The maximum atomic E-state index is 12.1.